The van der Waals surface area contributed by atoms with Crippen molar-refractivity contribution in [2.45, 2.75) is 6.54 Å². The van der Waals surface area contributed by atoms with Crippen LogP contribution in [0.1, 0.15) is 15.9 Å². The Kier molecular flexibility index (Phi) is 4.59. The number of aromatic nitrogens is 1. The SMILES string of the molecule is CN(Cc1ccc2c(c1)OCCO2)C(=O)c1cc(Cl)nc(Cl)c1. The fourth-order valence-electron chi connectivity index (χ4n) is 2.34. The Labute approximate surface area is 143 Å². The quantitative estimate of drug-likeness (QED) is 0.794. The number of carbonyl (C=O) groups excluding carboxylic acids is 1. The standard InChI is InChI=1S/C16H14Cl2N2O3/c1-20(16(21)11-7-14(17)19-15(18)8-11)9-10-2-3-12-13(6-10)23-5-4-22-12/h2-3,6-8H,4-5,9H2,1H3. The van der Waals surface area contributed by atoms with Crippen molar-refractivity contribution < 1.29 is 14.3 Å². The molecule has 23 heavy (non-hydrogen) atoms. The van der Waals surface area contributed by atoms with E-state index in [0.29, 0.717) is 31.1 Å². The molecule has 2 heterocycles. The van der Waals surface area contributed by atoms with Crippen LogP contribution in [0.15, 0.2) is 30.3 Å². The molecule has 2 aromatic rings. The van der Waals surface area contributed by atoms with Crippen LogP contribution in [0.5, 0.6) is 11.5 Å². The van der Waals surface area contributed by atoms with E-state index in [1.54, 1.807) is 11.9 Å². The average molecular weight is 353 g/mol. The molecule has 0 N–H and O–H groups in total. The summed E-state index contributed by atoms with van der Waals surface area (Å²) in [5, 5.41) is 0.377. The molecule has 7 heteroatoms. The van der Waals surface area contributed by atoms with Crippen molar-refractivity contribution in [2.24, 2.45) is 0 Å². The van der Waals surface area contributed by atoms with Crippen LogP contribution in [-0.4, -0.2) is 36.1 Å². The molecule has 0 saturated carbocycles. The van der Waals surface area contributed by atoms with E-state index in [1.807, 2.05) is 18.2 Å². The summed E-state index contributed by atoms with van der Waals surface area (Å²) in [7, 11) is 1.71. The predicted octanol–water partition coefficient (Wildman–Crippen LogP) is 3.43. The molecule has 0 unspecified atom stereocenters. The Morgan fingerprint density at radius 2 is 1.78 bits per heavy atom. The van der Waals surface area contributed by atoms with Crippen molar-refractivity contribution in [1.29, 1.82) is 0 Å². The molecule has 1 amide bonds. The van der Waals surface area contributed by atoms with Gasteiger partial charge in [-0.15, -0.1) is 0 Å². The first-order chi connectivity index (χ1) is 11.0. The van der Waals surface area contributed by atoms with E-state index < -0.39 is 0 Å². The highest BCUT2D eigenvalue weighted by Gasteiger charge is 2.16. The van der Waals surface area contributed by atoms with Gasteiger partial charge in [0.05, 0.1) is 0 Å². The van der Waals surface area contributed by atoms with E-state index in [4.69, 9.17) is 32.7 Å². The molecule has 0 saturated heterocycles. The Bertz CT molecular complexity index is 732. The van der Waals surface area contributed by atoms with Crippen molar-refractivity contribution in [2.75, 3.05) is 20.3 Å². The summed E-state index contributed by atoms with van der Waals surface area (Å²) < 4.78 is 11.0. The lowest BCUT2D eigenvalue weighted by molar-refractivity contribution is 0.0784. The first-order valence-electron chi connectivity index (χ1n) is 7.00. The molecular weight excluding hydrogens is 339 g/mol. The lowest BCUT2D eigenvalue weighted by atomic mass is 10.1. The molecule has 0 aliphatic carbocycles. The maximum Gasteiger partial charge on any atom is 0.254 e. The molecule has 0 bridgehead atoms. The van der Waals surface area contributed by atoms with Crippen molar-refractivity contribution in [1.82, 2.24) is 9.88 Å². The third-order valence-corrected chi connectivity index (χ3v) is 3.77. The lowest BCUT2D eigenvalue weighted by Crippen LogP contribution is -2.26. The van der Waals surface area contributed by atoms with Crippen molar-refractivity contribution in [3.8, 4) is 11.5 Å². The number of pyridine rings is 1. The van der Waals surface area contributed by atoms with Gasteiger partial charge >= 0.3 is 0 Å². The predicted molar refractivity (Wildman–Crippen MR) is 87.5 cm³/mol. The second kappa shape index (κ2) is 6.64. The number of carbonyl (C=O) groups is 1. The molecule has 1 aromatic heterocycles. The van der Waals surface area contributed by atoms with Gasteiger partial charge in [0.1, 0.15) is 23.5 Å². The number of hydrogen-bond acceptors (Lipinski definition) is 4. The largest absolute Gasteiger partial charge is 0.486 e. The van der Waals surface area contributed by atoms with Gasteiger partial charge in [-0.2, -0.15) is 0 Å². The maximum atomic E-state index is 12.5. The smallest absolute Gasteiger partial charge is 0.254 e. The van der Waals surface area contributed by atoms with E-state index in [2.05, 4.69) is 4.98 Å². The van der Waals surface area contributed by atoms with Gasteiger partial charge in [0, 0.05) is 19.2 Å². The first kappa shape index (κ1) is 15.9. The zero-order valence-corrected chi connectivity index (χ0v) is 13.9. The molecule has 0 atom stereocenters. The van der Waals surface area contributed by atoms with Crippen LogP contribution >= 0.6 is 23.2 Å². The average Bonchev–Trinajstić information content (AvgIpc) is 2.53. The zero-order chi connectivity index (χ0) is 16.4. The first-order valence-corrected chi connectivity index (χ1v) is 7.75. The number of nitrogens with zero attached hydrogens (tertiary/aromatic N) is 2. The molecule has 120 valence electrons. The zero-order valence-electron chi connectivity index (χ0n) is 12.4. The molecular formula is C16H14Cl2N2O3. The highest BCUT2D eigenvalue weighted by Crippen LogP contribution is 2.31. The molecule has 1 aromatic carbocycles. The number of amides is 1. The summed E-state index contributed by atoms with van der Waals surface area (Å²) in [6.07, 6.45) is 0. The molecule has 5 nitrogen and oxygen atoms in total. The van der Waals surface area contributed by atoms with Gasteiger partial charge in [0.25, 0.3) is 5.91 Å². The molecule has 0 fully saturated rings. The van der Waals surface area contributed by atoms with E-state index in [0.717, 1.165) is 11.3 Å². The van der Waals surface area contributed by atoms with Gasteiger partial charge in [-0.05, 0) is 29.8 Å². The normalized spacial score (nSPS) is 12.8. The van der Waals surface area contributed by atoms with E-state index in [-0.39, 0.29) is 16.2 Å². The second-order valence-corrected chi connectivity index (χ2v) is 5.91. The Morgan fingerprint density at radius 1 is 1.13 bits per heavy atom. The van der Waals surface area contributed by atoms with Gasteiger partial charge in [-0.3, -0.25) is 4.79 Å². The monoisotopic (exact) mass is 352 g/mol. The van der Waals surface area contributed by atoms with Crippen LogP contribution in [0, 0.1) is 0 Å². The van der Waals surface area contributed by atoms with Gasteiger partial charge < -0.3 is 14.4 Å². The lowest BCUT2D eigenvalue weighted by Gasteiger charge is -2.21. The van der Waals surface area contributed by atoms with Gasteiger partial charge in [0.2, 0.25) is 0 Å². The fourth-order valence-corrected chi connectivity index (χ4v) is 2.80. The summed E-state index contributed by atoms with van der Waals surface area (Å²) >= 11 is 11.7. The van der Waals surface area contributed by atoms with E-state index >= 15 is 0 Å². The summed E-state index contributed by atoms with van der Waals surface area (Å²) in [6, 6.07) is 8.63. The number of halogens is 2. The van der Waals surface area contributed by atoms with Crippen LogP contribution in [0.4, 0.5) is 0 Å². The summed E-state index contributed by atoms with van der Waals surface area (Å²) in [5.41, 5.74) is 1.34. The highest BCUT2D eigenvalue weighted by atomic mass is 35.5. The van der Waals surface area contributed by atoms with Gasteiger partial charge in [0.15, 0.2) is 11.5 Å². The summed E-state index contributed by atoms with van der Waals surface area (Å²) in [5.74, 6) is 1.23. The fraction of sp³-hybridized carbons (Fsp3) is 0.250. The number of benzene rings is 1. The Hall–Kier alpha value is -1.98. The van der Waals surface area contributed by atoms with Crippen LogP contribution in [0.3, 0.4) is 0 Å². The summed E-state index contributed by atoms with van der Waals surface area (Å²) in [6.45, 7) is 1.50. The Balaban J connectivity index is 1.75. The molecule has 1 aliphatic heterocycles. The minimum Gasteiger partial charge on any atom is -0.486 e. The molecule has 0 radical (unpaired) electrons. The van der Waals surface area contributed by atoms with Gasteiger partial charge in [-0.25, -0.2) is 4.98 Å². The number of fused-ring (bicyclic) bond motifs is 1. The minimum atomic E-state index is -0.189. The van der Waals surface area contributed by atoms with Crippen molar-refractivity contribution in [3.05, 3.63) is 51.8 Å². The third kappa shape index (κ3) is 3.68. The van der Waals surface area contributed by atoms with E-state index in [1.165, 1.54) is 12.1 Å². The van der Waals surface area contributed by atoms with Crippen LogP contribution < -0.4 is 9.47 Å². The topological polar surface area (TPSA) is 51.7 Å². The third-order valence-electron chi connectivity index (χ3n) is 3.38. The van der Waals surface area contributed by atoms with Crippen LogP contribution in [0.2, 0.25) is 10.3 Å². The van der Waals surface area contributed by atoms with E-state index in [9.17, 15) is 4.79 Å². The van der Waals surface area contributed by atoms with Gasteiger partial charge in [-0.1, -0.05) is 29.3 Å². The number of hydrogen-bond donors (Lipinski definition) is 0. The summed E-state index contributed by atoms with van der Waals surface area (Å²) in [4.78, 5) is 17.9. The Morgan fingerprint density at radius 3 is 2.48 bits per heavy atom. The highest BCUT2D eigenvalue weighted by molar-refractivity contribution is 6.33. The molecule has 0 spiro atoms. The number of ether oxygens (including phenoxy) is 2. The number of rotatable bonds is 3. The van der Waals surface area contributed by atoms with Crippen LogP contribution in [-0.2, 0) is 6.54 Å². The molecule has 1 aliphatic rings. The van der Waals surface area contributed by atoms with Crippen molar-refractivity contribution in [3.63, 3.8) is 0 Å². The second-order valence-electron chi connectivity index (χ2n) is 5.14. The van der Waals surface area contributed by atoms with Crippen molar-refractivity contribution >= 4 is 29.1 Å². The minimum absolute atomic E-state index is 0.188. The molecule has 3 rings (SSSR count). The maximum absolute atomic E-state index is 12.5. The van der Waals surface area contributed by atoms with Crippen LogP contribution in [0.25, 0.3) is 0 Å².